The molecule has 0 bridgehead atoms. The Morgan fingerprint density at radius 1 is 0.909 bits per heavy atom. The zero-order valence-corrected chi connectivity index (χ0v) is 17.8. The van der Waals surface area contributed by atoms with Gasteiger partial charge in [0.15, 0.2) is 30.2 Å². The zero-order chi connectivity index (χ0) is 23.9. The molecular weight excluding hydrogens is 438 g/mol. The number of aromatic nitrogens is 3. The van der Waals surface area contributed by atoms with Crippen LogP contribution in [0.2, 0.25) is 0 Å². The molecule has 2 heterocycles. The van der Waals surface area contributed by atoms with E-state index in [2.05, 4.69) is 10.3 Å². The minimum Gasteiger partial charge on any atom is -0.456 e. The van der Waals surface area contributed by atoms with Crippen molar-refractivity contribution in [1.82, 2.24) is 15.0 Å². The Bertz CT molecular complexity index is 1170. The molecule has 1 aliphatic carbocycles. The Morgan fingerprint density at radius 2 is 1.48 bits per heavy atom. The van der Waals surface area contributed by atoms with Crippen LogP contribution in [0.15, 0.2) is 24.3 Å². The molecule has 1 aromatic carbocycles. The van der Waals surface area contributed by atoms with Gasteiger partial charge in [-0.05, 0) is 0 Å². The third kappa shape index (κ3) is 4.00. The zero-order valence-electron chi connectivity index (χ0n) is 17.8. The normalized spacial score (nSPS) is 23.8. The topological polar surface area (TPSA) is 153 Å². The molecule has 0 unspecified atom stereocenters. The lowest BCUT2D eigenvalue weighted by atomic mass is 9.90. The molecule has 1 saturated heterocycles. The van der Waals surface area contributed by atoms with Gasteiger partial charge in [-0.3, -0.25) is 24.0 Å². The maximum atomic E-state index is 13.2. The summed E-state index contributed by atoms with van der Waals surface area (Å²) >= 11 is 0. The highest BCUT2D eigenvalue weighted by Crippen LogP contribution is 2.34. The van der Waals surface area contributed by atoms with Crippen LogP contribution in [0.5, 0.6) is 0 Å². The van der Waals surface area contributed by atoms with Crippen molar-refractivity contribution in [2.75, 3.05) is 6.61 Å². The highest BCUT2D eigenvalue weighted by Gasteiger charge is 2.50. The molecule has 1 aliphatic heterocycles. The molecule has 0 amide bonds. The number of carbonyl (C=O) groups is 5. The van der Waals surface area contributed by atoms with E-state index >= 15 is 0 Å². The van der Waals surface area contributed by atoms with E-state index in [0.717, 1.165) is 25.5 Å². The van der Waals surface area contributed by atoms with Gasteiger partial charge in [0.2, 0.25) is 11.6 Å². The molecule has 12 nitrogen and oxygen atoms in total. The molecule has 12 heteroatoms. The van der Waals surface area contributed by atoms with E-state index in [1.165, 1.54) is 12.1 Å². The van der Waals surface area contributed by atoms with Crippen LogP contribution in [0.3, 0.4) is 0 Å². The summed E-state index contributed by atoms with van der Waals surface area (Å²) < 4.78 is 22.6. The van der Waals surface area contributed by atoms with Gasteiger partial charge in [-0.15, -0.1) is 5.10 Å². The van der Waals surface area contributed by atoms with E-state index in [1.807, 2.05) is 0 Å². The van der Waals surface area contributed by atoms with Crippen LogP contribution in [-0.4, -0.2) is 69.4 Å². The van der Waals surface area contributed by atoms with Gasteiger partial charge < -0.3 is 18.9 Å². The van der Waals surface area contributed by atoms with Crippen LogP contribution in [0, 0.1) is 0 Å². The first-order chi connectivity index (χ1) is 15.7. The van der Waals surface area contributed by atoms with Crippen molar-refractivity contribution in [3.8, 4) is 0 Å². The number of fused-ring (bicyclic) bond motifs is 2. The average molecular weight is 457 g/mol. The van der Waals surface area contributed by atoms with Crippen LogP contribution in [0.4, 0.5) is 0 Å². The van der Waals surface area contributed by atoms with Crippen LogP contribution < -0.4 is 0 Å². The fourth-order valence-electron chi connectivity index (χ4n) is 3.90. The number of esters is 3. The fourth-order valence-corrected chi connectivity index (χ4v) is 3.90. The van der Waals surface area contributed by atoms with Crippen molar-refractivity contribution in [3.63, 3.8) is 0 Å². The summed E-state index contributed by atoms with van der Waals surface area (Å²) in [6.45, 7) is 3.15. The number of ketones is 2. The lowest BCUT2D eigenvalue weighted by molar-refractivity contribution is -0.241. The maximum Gasteiger partial charge on any atom is 0.303 e. The summed E-state index contributed by atoms with van der Waals surface area (Å²) in [7, 11) is 0. The van der Waals surface area contributed by atoms with Crippen molar-refractivity contribution < 1.29 is 42.9 Å². The fraction of sp³-hybridized carbons (Fsp3) is 0.381. The Labute approximate surface area is 186 Å². The number of benzene rings is 1. The van der Waals surface area contributed by atoms with Crippen molar-refractivity contribution in [1.29, 1.82) is 0 Å². The highest BCUT2D eigenvalue weighted by atomic mass is 16.6. The summed E-state index contributed by atoms with van der Waals surface area (Å²) in [5.41, 5.74) is 0.00645. The van der Waals surface area contributed by atoms with E-state index in [-0.39, 0.29) is 29.1 Å². The van der Waals surface area contributed by atoms with E-state index in [0.29, 0.717) is 0 Å². The van der Waals surface area contributed by atoms with Crippen molar-refractivity contribution in [3.05, 3.63) is 46.8 Å². The molecule has 0 spiro atoms. The first-order valence-electron chi connectivity index (χ1n) is 9.96. The Kier molecular flexibility index (Phi) is 5.77. The molecule has 2 aliphatic rings. The third-order valence-corrected chi connectivity index (χ3v) is 5.11. The van der Waals surface area contributed by atoms with Crippen molar-refractivity contribution in [2.24, 2.45) is 0 Å². The second-order valence-corrected chi connectivity index (χ2v) is 7.45. The number of nitrogens with zero attached hydrogens (tertiary/aromatic N) is 3. The maximum absolute atomic E-state index is 13.2. The lowest BCUT2D eigenvalue weighted by Crippen LogP contribution is -2.56. The third-order valence-electron chi connectivity index (χ3n) is 5.11. The average Bonchev–Trinajstić information content (AvgIpc) is 3.19. The van der Waals surface area contributed by atoms with Crippen LogP contribution in [-0.2, 0) is 33.3 Å². The second kappa shape index (κ2) is 8.54. The summed E-state index contributed by atoms with van der Waals surface area (Å²) in [4.78, 5) is 61.2. The summed E-state index contributed by atoms with van der Waals surface area (Å²) in [6.07, 6.45) is -5.03. The molecule has 4 rings (SSSR count). The SMILES string of the molecule is CC(=O)O[C@@H]1[C@@H](OC(C)=O)[C@H](OC(C)=O)CO[C@H]1n1nnc2c1C(=O)c1ccccc1C2=O. The number of rotatable bonds is 4. The van der Waals surface area contributed by atoms with Gasteiger partial charge in [0, 0.05) is 31.9 Å². The second-order valence-electron chi connectivity index (χ2n) is 7.45. The molecule has 0 saturated carbocycles. The molecular formula is C21H19N3O9. The van der Waals surface area contributed by atoms with Gasteiger partial charge in [-0.25, -0.2) is 4.68 Å². The van der Waals surface area contributed by atoms with Crippen molar-refractivity contribution in [2.45, 2.75) is 45.3 Å². The predicted molar refractivity (Wildman–Crippen MR) is 105 cm³/mol. The number of hydrogen-bond acceptors (Lipinski definition) is 11. The number of hydrogen-bond donors (Lipinski definition) is 0. The van der Waals surface area contributed by atoms with Gasteiger partial charge in [-0.1, -0.05) is 29.5 Å². The largest absolute Gasteiger partial charge is 0.456 e. The van der Waals surface area contributed by atoms with E-state index in [9.17, 15) is 24.0 Å². The quantitative estimate of drug-likeness (QED) is 0.394. The van der Waals surface area contributed by atoms with Gasteiger partial charge >= 0.3 is 17.9 Å². The van der Waals surface area contributed by atoms with Gasteiger partial charge in [-0.2, -0.15) is 0 Å². The van der Waals surface area contributed by atoms with Crippen LogP contribution in [0.1, 0.15) is 59.1 Å². The van der Waals surface area contributed by atoms with E-state index in [4.69, 9.17) is 18.9 Å². The first kappa shape index (κ1) is 22.3. The van der Waals surface area contributed by atoms with Gasteiger partial charge in [0.1, 0.15) is 5.69 Å². The molecule has 1 aromatic heterocycles. The van der Waals surface area contributed by atoms with Gasteiger partial charge in [0.05, 0.1) is 6.61 Å². The minimum absolute atomic E-state index is 0.159. The Balaban J connectivity index is 1.78. The molecule has 0 N–H and O–H groups in total. The standard InChI is InChI=1S/C21H19N3O9/c1-9(25)31-14-8-30-21(20(33-11(3)27)19(14)32-10(2)26)24-16-15(22-23-24)17(28)12-6-4-5-7-13(12)18(16)29/h4-7,14,19-21H,8H2,1-3H3/t14-,19+,20-,21-/m1/s1. The smallest absolute Gasteiger partial charge is 0.303 e. The van der Waals surface area contributed by atoms with Crippen molar-refractivity contribution >= 4 is 29.5 Å². The summed E-state index contributed by atoms with van der Waals surface area (Å²) in [6, 6.07) is 6.25. The number of carbonyl (C=O) groups excluding carboxylic acids is 5. The molecule has 33 heavy (non-hydrogen) atoms. The Morgan fingerprint density at radius 3 is 2.09 bits per heavy atom. The summed E-state index contributed by atoms with van der Waals surface area (Å²) in [5.74, 6) is -3.18. The molecule has 4 atom stereocenters. The van der Waals surface area contributed by atoms with E-state index < -0.39 is 54.0 Å². The highest BCUT2D eigenvalue weighted by molar-refractivity contribution is 6.26. The monoisotopic (exact) mass is 457 g/mol. The molecule has 172 valence electrons. The van der Waals surface area contributed by atoms with Crippen LogP contribution in [0.25, 0.3) is 0 Å². The predicted octanol–water partition coefficient (Wildman–Crippen LogP) is 0.377. The molecule has 0 radical (unpaired) electrons. The van der Waals surface area contributed by atoms with E-state index in [1.54, 1.807) is 12.1 Å². The van der Waals surface area contributed by atoms with Gasteiger partial charge in [0.25, 0.3) is 0 Å². The Hall–Kier alpha value is -3.93. The first-order valence-corrected chi connectivity index (χ1v) is 9.96. The minimum atomic E-state index is -1.37. The molecule has 1 fully saturated rings. The summed E-state index contributed by atoms with van der Waals surface area (Å²) in [5, 5.41) is 7.78. The lowest BCUT2D eigenvalue weighted by Gasteiger charge is -2.40. The molecule has 2 aromatic rings. The van der Waals surface area contributed by atoms with Crippen LogP contribution >= 0.6 is 0 Å². The number of ether oxygens (including phenoxy) is 4.